The lowest BCUT2D eigenvalue weighted by atomic mass is 10.1. The van der Waals surface area contributed by atoms with Crippen molar-refractivity contribution >= 4 is 16.8 Å². The number of hydrogen-bond acceptors (Lipinski definition) is 4. The lowest BCUT2D eigenvalue weighted by molar-refractivity contribution is -0.121. The van der Waals surface area contributed by atoms with E-state index < -0.39 is 0 Å². The second kappa shape index (κ2) is 9.28. The zero-order valence-electron chi connectivity index (χ0n) is 16.3. The second-order valence-electron chi connectivity index (χ2n) is 7.08. The first kappa shape index (κ1) is 19.8. The van der Waals surface area contributed by atoms with E-state index in [0.29, 0.717) is 42.5 Å². The first-order chi connectivity index (χ1) is 13.5. The predicted molar refractivity (Wildman–Crippen MR) is 111 cm³/mol. The van der Waals surface area contributed by atoms with Gasteiger partial charge in [-0.25, -0.2) is 4.98 Å². The van der Waals surface area contributed by atoms with Gasteiger partial charge in [0.1, 0.15) is 5.82 Å². The maximum atomic E-state index is 12.2. The molecule has 3 rings (SSSR count). The Bertz CT molecular complexity index is 982. The predicted octanol–water partition coefficient (Wildman–Crippen LogP) is 2.66. The summed E-state index contributed by atoms with van der Waals surface area (Å²) >= 11 is 0. The van der Waals surface area contributed by atoms with Crippen LogP contribution in [-0.4, -0.2) is 41.4 Å². The summed E-state index contributed by atoms with van der Waals surface area (Å²) in [5, 5.41) is 3.60. The molecule has 1 unspecified atom stereocenters. The number of benzene rings is 2. The number of carbonyl (C=O) groups is 1. The average Bonchev–Trinajstić information content (AvgIpc) is 2.69. The van der Waals surface area contributed by atoms with Crippen molar-refractivity contribution in [3.63, 3.8) is 0 Å². The van der Waals surface area contributed by atoms with Gasteiger partial charge in [0.05, 0.1) is 16.9 Å². The number of H-pyrrole nitrogens is 1. The topological polar surface area (TPSA) is 78.1 Å². The zero-order chi connectivity index (χ0) is 19.9. The fraction of sp³-hybridized carbons (Fsp3) is 0.318. The van der Waals surface area contributed by atoms with Crippen LogP contribution in [-0.2, 0) is 11.2 Å². The number of aryl methyl sites for hydroxylation is 1. The SMILES string of the molecule is CN(C)C(CNC(=O)CCCc1nc2ccccc2c(=O)[nH]1)c1ccccc1. The first-order valence-corrected chi connectivity index (χ1v) is 9.50. The summed E-state index contributed by atoms with van der Waals surface area (Å²) in [5.41, 5.74) is 1.72. The Hall–Kier alpha value is -2.99. The molecule has 0 saturated heterocycles. The maximum Gasteiger partial charge on any atom is 0.258 e. The van der Waals surface area contributed by atoms with Crippen LogP contribution in [0.2, 0.25) is 0 Å². The van der Waals surface area contributed by atoms with Gasteiger partial charge in [0, 0.05) is 19.4 Å². The molecule has 2 N–H and O–H groups in total. The molecule has 1 atom stereocenters. The summed E-state index contributed by atoms with van der Waals surface area (Å²) in [7, 11) is 4.01. The van der Waals surface area contributed by atoms with Crippen molar-refractivity contribution in [3.8, 4) is 0 Å². The molecule has 2 aromatic carbocycles. The van der Waals surface area contributed by atoms with Gasteiger partial charge >= 0.3 is 0 Å². The molecule has 1 aromatic heterocycles. The van der Waals surface area contributed by atoms with E-state index in [9.17, 15) is 9.59 Å². The van der Waals surface area contributed by atoms with Crippen molar-refractivity contribution < 1.29 is 4.79 Å². The van der Waals surface area contributed by atoms with Crippen LogP contribution in [0, 0.1) is 0 Å². The van der Waals surface area contributed by atoms with Crippen molar-refractivity contribution in [3.05, 3.63) is 76.3 Å². The molecule has 0 aliphatic rings. The number of aromatic nitrogens is 2. The summed E-state index contributed by atoms with van der Waals surface area (Å²) in [5.74, 6) is 0.623. The van der Waals surface area contributed by atoms with Crippen molar-refractivity contribution in [2.45, 2.75) is 25.3 Å². The van der Waals surface area contributed by atoms with E-state index in [0.717, 1.165) is 0 Å². The number of rotatable bonds is 8. The molecule has 28 heavy (non-hydrogen) atoms. The highest BCUT2D eigenvalue weighted by molar-refractivity contribution is 5.77. The van der Waals surface area contributed by atoms with Crippen molar-refractivity contribution in [2.75, 3.05) is 20.6 Å². The standard InChI is InChI=1S/C22H26N4O2/c1-26(2)19(16-9-4-3-5-10-16)15-23-21(27)14-8-13-20-24-18-12-7-6-11-17(18)22(28)25-20/h3-7,9-12,19H,8,13-15H2,1-2H3,(H,23,27)(H,24,25,28). The van der Waals surface area contributed by atoms with Crippen molar-refractivity contribution in [1.29, 1.82) is 0 Å². The van der Waals surface area contributed by atoms with Crippen LogP contribution in [0.4, 0.5) is 0 Å². The zero-order valence-corrected chi connectivity index (χ0v) is 16.3. The van der Waals surface area contributed by atoms with E-state index in [1.165, 1.54) is 5.56 Å². The highest BCUT2D eigenvalue weighted by atomic mass is 16.1. The van der Waals surface area contributed by atoms with Crippen LogP contribution >= 0.6 is 0 Å². The Kier molecular flexibility index (Phi) is 6.55. The van der Waals surface area contributed by atoms with Gasteiger partial charge in [-0.15, -0.1) is 0 Å². The normalized spacial score (nSPS) is 12.2. The minimum atomic E-state index is -0.137. The molecule has 6 heteroatoms. The van der Waals surface area contributed by atoms with Crippen LogP contribution in [0.5, 0.6) is 0 Å². The van der Waals surface area contributed by atoms with Crippen LogP contribution in [0.15, 0.2) is 59.4 Å². The largest absolute Gasteiger partial charge is 0.354 e. The second-order valence-corrected chi connectivity index (χ2v) is 7.08. The van der Waals surface area contributed by atoms with Gasteiger partial charge in [-0.3, -0.25) is 9.59 Å². The Morgan fingerprint density at radius 1 is 1.11 bits per heavy atom. The third-order valence-electron chi connectivity index (χ3n) is 4.78. The first-order valence-electron chi connectivity index (χ1n) is 9.50. The number of carbonyl (C=O) groups excluding carboxylic acids is 1. The van der Waals surface area contributed by atoms with E-state index in [1.54, 1.807) is 6.07 Å². The molecule has 1 heterocycles. The molecule has 0 fully saturated rings. The smallest absolute Gasteiger partial charge is 0.258 e. The van der Waals surface area contributed by atoms with E-state index in [1.807, 2.05) is 50.5 Å². The number of likely N-dealkylation sites (N-methyl/N-ethyl adjacent to an activating group) is 1. The van der Waals surface area contributed by atoms with Gasteiger partial charge in [-0.2, -0.15) is 0 Å². The number of fused-ring (bicyclic) bond motifs is 1. The Morgan fingerprint density at radius 2 is 1.82 bits per heavy atom. The number of amides is 1. The van der Waals surface area contributed by atoms with Gasteiger partial charge < -0.3 is 15.2 Å². The lowest BCUT2D eigenvalue weighted by Crippen LogP contribution is -2.34. The minimum absolute atomic E-state index is 0.00548. The number of nitrogens with one attached hydrogen (secondary N) is 2. The number of aromatic amines is 1. The van der Waals surface area contributed by atoms with Gasteiger partial charge in [0.25, 0.3) is 5.56 Å². The summed E-state index contributed by atoms with van der Waals surface area (Å²) in [6.07, 6.45) is 1.58. The molecule has 146 valence electrons. The van der Waals surface area contributed by atoms with Crippen LogP contribution in [0.3, 0.4) is 0 Å². The molecule has 0 spiro atoms. The molecule has 3 aromatic rings. The lowest BCUT2D eigenvalue weighted by Gasteiger charge is -2.25. The summed E-state index contributed by atoms with van der Waals surface area (Å²) in [6.45, 7) is 0.556. The molecule has 0 aliphatic carbocycles. The van der Waals surface area contributed by atoms with Crippen LogP contribution in [0.1, 0.15) is 30.3 Å². The van der Waals surface area contributed by atoms with E-state index in [4.69, 9.17) is 0 Å². The third kappa shape index (κ3) is 5.04. The third-order valence-corrected chi connectivity index (χ3v) is 4.78. The van der Waals surface area contributed by atoms with E-state index in [-0.39, 0.29) is 17.5 Å². The molecule has 6 nitrogen and oxygen atoms in total. The number of hydrogen-bond donors (Lipinski definition) is 2. The molecule has 1 amide bonds. The van der Waals surface area contributed by atoms with Gasteiger partial charge in [0.15, 0.2) is 0 Å². The summed E-state index contributed by atoms with van der Waals surface area (Å²) in [4.78, 5) is 33.7. The number of nitrogens with zero attached hydrogens (tertiary/aromatic N) is 2. The fourth-order valence-corrected chi connectivity index (χ4v) is 3.24. The molecule has 0 saturated carbocycles. The highest BCUT2D eigenvalue weighted by Gasteiger charge is 2.15. The van der Waals surface area contributed by atoms with Gasteiger partial charge in [-0.05, 0) is 38.2 Å². The highest BCUT2D eigenvalue weighted by Crippen LogP contribution is 2.16. The molecular formula is C22H26N4O2. The Labute approximate surface area is 164 Å². The average molecular weight is 378 g/mol. The Balaban J connectivity index is 1.51. The quantitative estimate of drug-likeness (QED) is 0.632. The molecule has 0 aliphatic heterocycles. The van der Waals surface area contributed by atoms with Gasteiger partial charge in [-0.1, -0.05) is 42.5 Å². The number of para-hydroxylation sites is 1. The van der Waals surface area contributed by atoms with E-state index in [2.05, 4.69) is 32.3 Å². The maximum absolute atomic E-state index is 12.2. The Morgan fingerprint density at radius 3 is 2.57 bits per heavy atom. The summed E-state index contributed by atoms with van der Waals surface area (Å²) in [6, 6.07) is 17.5. The van der Waals surface area contributed by atoms with Crippen LogP contribution < -0.4 is 10.9 Å². The molecule has 0 bridgehead atoms. The molecule has 0 radical (unpaired) electrons. The van der Waals surface area contributed by atoms with E-state index >= 15 is 0 Å². The monoisotopic (exact) mass is 378 g/mol. The minimum Gasteiger partial charge on any atom is -0.354 e. The van der Waals surface area contributed by atoms with Crippen molar-refractivity contribution in [1.82, 2.24) is 20.2 Å². The molecular weight excluding hydrogens is 352 g/mol. The van der Waals surface area contributed by atoms with Crippen LogP contribution in [0.25, 0.3) is 10.9 Å². The van der Waals surface area contributed by atoms with Gasteiger partial charge in [0.2, 0.25) is 5.91 Å². The van der Waals surface area contributed by atoms with Crippen molar-refractivity contribution in [2.24, 2.45) is 0 Å². The fourth-order valence-electron chi connectivity index (χ4n) is 3.24. The summed E-state index contributed by atoms with van der Waals surface area (Å²) < 4.78 is 0.